The SMILES string of the molecule is C=CCON1C(=O)N2C[C@H]1C=CC2C=O. The molecule has 0 aromatic heterocycles. The second-order valence-electron chi connectivity index (χ2n) is 3.42. The van der Waals surface area contributed by atoms with E-state index in [-0.39, 0.29) is 18.7 Å². The van der Waals surface area contributed by atoms with Gasteiger partial charge in [0.15, 0.2) is 0 Å². The number of nitrogens with zero attached hydrogens (tertiary/aromatic N) is 2. The Kier molecular flexibility index (Phi) is 2.55. The molecular weight excluding hydrogens is 196 g/mol. The zero-order valence-corrected chi connectivity index (χ0v) is 8.20. The van der Waals surface area contributed by atoms with Gasteiger partial charge in [0.25, 0.3) is 0 Å². The molecule has 1 fully saturated rings. The van der Waals surface area contributed by atoms with Crippen molar-refractivity contribution < 1.29 is 14.4 Å². The molecule has 0 spiro atoms. The summed E-state index contributed by atoms with van der Waals surface area (Å²) in [4.78, 5) is 29.2. The average molecular weight is 208 g/mol. The van der Waals surface area contributed by atoms with Gasteiger partial charge in [-0.3, -0.25) is 4.84 Å². The molecule has 2 atom stereocenters. The van der Waals surface area contributed by atoms with Crippen molar-refractivity contribution in [2.45, 2.75) is 12.1 Å². The van der Waals surface area contributed by atoms with Crippen LogP contribution in [0.1, 0.15) is 0 Å². The van der Waals surface area contributed by atoms with Gasteiger partial charge in [-0.25, -0.2) is 4.79 Å². The molecule has 5 heteroatoms. The smallest absolute Gasteiger partial charge is 0.307 e. The number of hydrogen-bond acceptors (Lipinski definition) is 3. The van der Waals surface area contributed by atoms with E-state index >= 15 is 0 Å². The average Bonchev–Trinajstić information content (AvgIpc) is 2.51. The van der Waals surface area contributed by atoms with Crippen LogP contribution in [0.5, 0.6) is 0 Å². The van der Waals surface area contributed by atoms with Gasteiger partial charge < -0.3 is 9.69 Å². The van der Waals surface area contributed by atoms with Gasteiger partial charge in [-0.2, -0.15) is 5.06 Å². The van der Waals surface area contributed by atoms with Crippen LogP contribution in [-0.2, 0) is 9.63 Å². The monoisotopic (exact) mass is 208 g/mol. The van der Waals surface area contributed by atoms with E-state index in [1.54, 1.807) is 12.2 Å². The summed E-state index contributed by atoms with van der Waals surface area (Å²) in [5.74, 6) is 0. The Hall–Kier alpha value is -1.62. The molecule has 15 heavy (non-hydrogen) atoms. The highest BCUT2D eigenvalue weighted by molar-refractivity contribution is 5.82. The summed E-state index contributed by atoms with van der Waals surface area (Å²) < 4.78 is 0. The number of rotatable bonds is 4. The van der Waals surface area contributed by atoms with Crippen molar-refractivity contribution >= 4 is 12.3 Å². The fourth-order valence-corrected chi connectivity index (χ4v) is 1.76. The number of hydrogen-bond donors (Lipinski definition) is 0. The Balaban J connectivity index is 2.13. The largest absolute Gasteiger partial charge is 0.345 e. The van der Waals surface area contributed by atoms with Crippen molar-refractivity contribution in [1.82, 2.24) is 9.96 Å². The first-order valence-electron chi connectivity index (χ1n) is 4.75. The van der Waals surface area contributed by atoms with E-state index in [0.717, 1.165) is 6.29 Å². The zero-order valence-electron chi connectivity index (χ0n) is 8.20. The van der Waals surface area contributed by atoms with E-state index in [4.69, 9.17) is 4.84 Å². The van der Waals surface area contributed by atoms with Gasteiger partial charge in [-0.15, -0.1) is 6.58 Å². The first kappa shape index (κ1) is 9.92. The van der Waals surface area contributed by atoms with Crippen LogP contribution in [0.25, 0.3) is 0 Å². The van der Waals surface area contributed by atoms with Crippen LogP contribution in [0.15, 0.2) is 24.8 Å². The second kappa shape index (κ2) is 3.86. The molecule has 1 unspecified atom stereocenters. The lowest BCUT2D eigenvalue weighted by Crippen LogP contribution is -2.39. The minimum Gasteiger partial charge on any atom is -0.307 e. The summed E-state index contributed by atoms with van der Waals surface area (Å²) in [7, 11) is 0. The van der Waals surface area contributed by atoms with Crippen molar-refractivity contribution in [3.63, 3.8) is 0 Å². The van der Waals surface area contributed by atoms with Crippen LogP contribution in [0.3, 0.4) is 0 Å². The van der Waals surface area contributed by atoms with Crippen LogP contribution in [0.2, 0.25) is 0 Å². The van der Waals surface area contributed by atoms with Gasteiger partial charge in [-0.1, -0.05) is 18.2 Å². The van der Waals surface area contributed by atoms with Crippen molar-refractivity contribution in [1.29, 1.82) is 0 Å². The number of fused-ring (bicyclic) bond motifs is 2. The maximum Gasteiger partial charge on any atom is 0.345 e. The van der Waals surface area contributed by atoms with Gasteiger partial charge in [0, 0.05) is 0 Å². The molecule has 2 aliphatic heterocycles. The third-order valence-corrected chi connectivity index (χ3v) is 2.48. The maximum atomic E-state index is 11.8. The van der Waals surface area contributed by atoms with Crippen molar-refractivity contribution in [3.8, 4) is 0 Å². The van der Waals surface area contributed by atoms with E-state index in [9.17, 15) is 9.59 Å². The molecule has 2 bridgehead atoms. The highest BCUT2D eigenvalue weighted by atomic mass is 16.7. The van der Waals surface area contributed by atoms with Gasteiger partial charge in [0.05, 0.1) is 19.2 Å². The molecule has 2 rings (SSSR count). The summed E-state index contributed by atoms with van der Waals surface area (Å²) in [5, 5.41) is 1.29. The topological polar surface area (TPSA) is 49.9 Å². The highest BCUT2D eigenvalue weighted by Gasteiger charge is 2.42. The summed E-state index contributed by atoms with van der Waals surface area (Å²) in [6.45, 7) is 4.31. The third kappa shape index (κ3) is 1.55. The van der Waals surface area contributed by atoms with E-state index in [0.29, 0.717) is 6.54 Å². The number of urea groups is 1. The molecule has 2 heterocycles. The van der Waals surface area contributed by atoms with E-state index in [2.05, 4.69) is 6.58 Å². The van der Waals surface area contributed by atoms with Crippen molar-refractivity contribution in [2.24, 2.45) is 0 Å². The van der Waals surface area contributed by atoms with E-state index in [1.807, 2.05) is 6.08 Å². The number of carbonyl (C=O) groups is 2. The quantitative estimate of drug-likeness (QED) is 0.494. The van der Waals surface area contributed by atoms with Gasteiger partial charge >= 0.3 is 6.03 Å². The van der Waals surface area contributed by atoms with Crippen molar-refractivity contribution in [2.75, 3.05) is 13.2 Å². The van der Waals surface area contributed by atoms with Gasteiger partial charge in [-0.05, 0) is 0 Å². The number of aldehydes is 1. The molecule has 0 aromatic carbocycles. The first-order valence-corrected chi connectivity index (χ1v) is 4.75. The lowest BCUT2D eigenvalue weighted by molar-refractivity contribution is -0.111. The Bertz CT molecular complexity index is 327. The van der Waals surface area contributed by atoms with E-state index < -0.39 is 6.04 Å². The molecular formula is C10H12N2O3. The predicted octanol–water partition coefficient (Wildman–Crippen LogP) is 0.347. The molecule has 0 N–H and O–H groups in total. The second-order valence-corrected chi connectivity index (χ2v) is 3.42. The molecule has 0 saturated carbocycles. The van der Waals surface area contributed by atoms with Crippen LogP contribution < -0.4 is 0 Å². The molecule has 0 aromatic rings. The molecule has 80 valence electrons. The first-order chi connectivity index (χ1) is 7.27. The number of amides is 2. The summed E-state index contributed by atoms with van der Waals surface area (Å²) >= 11 is 0. The highest BCUT2D eigenvalue weighted by Crippen LogP contribution is 2.24. The fraction of sp³-hybridized carbons (Fsp3) is 0.400. The molecule has 5 nitrogen and oxygen atoms in total. The Morgan fingerprint density at radius 1 is 1.60 bits per heavy atom. The minimum atomic E-state index is -0.453. The fourth-order valence-electron chi connectivity index (χ4n) is 1.76. The molecule has 0 radical (unpaired) electrons. The van der Waals surface area contributed by atoms with E-state index in [1.165, 1.54) is 9.96 Å². The minimum absolute atomic E-state index is 0.0892. The van der Waals surface area contributed by atoms with Crippen LogP contribution >= 0.6 is 0 Å². The van der Waals surface area contributed by atoms with Gasteiger partial charge in [0.1, 0.15) is 12.3 Å². The van der Waals surface area contributed by atoms with Crippen LogP contribution in [0.4, 0.5) is 4.79 Å². The normalized spacial score (nSPS) is 28.4. The lowest BCUT2D eigenvalue weighted by Gasteiger charge is -2.20. The zero-order chi connectivity index (χ0) is 10.8. The molecule has 1 saturated heterocycles. The Labute approximate surface area is 87.5 Å². The molecule has 2 amide bonds. The van der Waals surface area contributed by atoms with Crippen molar-refractivity contribution in [3.05, 3.63) is 24.8 Å². The number of hydroxylamine groups is 2. The predicted molar refractivity (Wildman–Crippen MR) is 52.9 cm³/mol. The van der Waals surface area contributed by atoms with Gasteiger partial charge in [0.2, 0.25) is 0 Å². The van der Waals surface area contributed by atoms with Crippen LogP contribution in [-0.4, -0.2) is 47.5 Å². The summed E-state index contributed by atoms with van der Waals surface area (Å²) in [6, 6.07) is -0.802. The molecule has 2 aliphatic rings. The lowest BCUT2D eigenvalue weighted by atomic mass is 10.1. The standard InChI is InChI=1S/C10H12N2O3/c1-2-5-15-12-8-3-4-9(7-13)11(6-8)10(12)14/h2-4,7-9H,1,5-6H2/t8-,9?/m1/s1. The third-order valence-electron chi connectivity index (χ3n) is 2.48. The Morgan fingerprint density at radius 2 is 2.40 bits per heavy atom. The molecule has 0 aliphatic carbocycles. The number of carbonyl (C=O) groups excluding carboxylic acids is 2. The van der Waals surface area contributed by atoms with Crippen LogP contribution in [0, 0.1) is 0 Å². The maximum absolute atomic E-state index is 11.8. The summed E-state index contributed by atoms with van der Waals surface area (Å²) in [5.41, 5.74) is 0. The summed E-state index contributed by atoms with van der Waals surface area (Å²) in [6.07, 6.45) is 5.87. The Morgan fingerprint density at radius 3 is 3.07 bits per heavy atom.